The molecule has 0 unspecified atom stereocenters. The van der Waals surface area contributed by atoms with Gasteiger partial charge in [-0.05, 0) is 27.9 Å². The van der Waals surface area contributed by atoms with Gasteiger partial charge in [0.15, 0.2) is 0 Å². The summed E-state index contributed by atoms with van der Waals surface area (Å²) in [6.45, 7) is 6.48. The van der Waals surface area contributed by atoms with Crippen molar-refractivity contribution in [3.8, 4) is 0 Å². The Morgan fingerprint density at radius 2 is 2.00 bits per heavy atom. The highest BCUT2D eigenvalue weighted by atomic mass is 16.5. The Kier molecular flexibility index (Phi) is 7.29. The average molecular weight is 231 g/mol. The maximum absolute atomic E-state index is 11.4. The maximum atomic E-state index is 11.4. The van der Waals surface area contributed by atoms with Gasteiger partial charge in [-0.15, -0.1) is 0 Å². The second-order valence-electron chi connectivity index (χ2n) is 4.65. The Morgan fingerprint density at radius 1 is 1.38 bits per heavy atom. The molecule has 0 radical (unpaired) electrons. The van der Waals surface area contributed by atoms with E-state index in [1.807, 2.05) is 14.1 Å². The Labute approximate surface area is 98.5 Å². The third-order valence-corrected chi connectivity index (χ3v) is 2.70. The van der Waals surface area contributed by atoms with Crippen molar-refractivity contribution in [2.45, 2.75) is 19.4 Å². The van der Waals surface area contributed by atoms with Gasteiger partial charge in [-0.2, -0.15) is 0 Å². The molecule has 0 spiro atoms. The molecule has 16 heavy (non-hydrogen) atoms. The summed E-state index contributed by atoms with van der Waals surface area (Å²) in [6.07, 6.45) is 0. The van der Waals surface area contributed by atoms with E-state index in [1.54, 1.807) is 7.11 Å². The topological polar surface area (TPSA) is 53.6 Å². The van der Waals surface area contributed by atoms with Crippen molar-refractivity contribution in [1.82, 2.24) is 15.5 Å². The van der Waals surface area contributed by atoms with Gasteiger partial charge < -0.3 is 20.3 Å². The molecule has 0 saturated heterocycles. The minimum absolute atomic E-state index is 0.0195. The van der Waals surface area contributed by atoms with Crippen LogP contribution in [0.5, 0.6) is 0 Å². The van der Waals surface area contributed by atoms with Gasteiger partial charge in [0.2, 0.25) is 5.91 Å². The zero-order chi connectivity index (χ0) is 12.6. The zero-order valence-corrected chi connectivity index (χ0v) is 11.1. The molecule has 0 fully saturated rings. The van der Waals surface area contributed by atoms with Crippen molar-refractivity contribution >= 4 is 5.91 Å². The van der Waals surface area contributed by atoms with E-state index < -0.39 is 0 Å². The largest absolute Gasteiger partial charge is 0.383 e. The third-order valence-electron chi connectivity index (χ3n) is 2.70. The molecule has 0 aromatic heterocycles. The lowest BCUT2D eigenvalue weighted by atomic mass is 10.0. The number of methoxy groups -OCH3 is 1. The van der Waals surface area contributed by atoms with E-state index in [9.17, 15) is 4.79 Å². The number of carbonyl (C=O) groups excluding carboxylic acids is 1. The maximum Gasteiger partial charge on any atom is 0.234 e. The van der Waals surface area contributed by atoms with E-state index in [1.165, 1.54) is 0 Å². The van der Waals surface area contributed by atoms with Crippen LogP contribution in [0.3, 0.4) is 0 Å². The molecule has 0 aromatic rings. The second kappa shape index (κ2) is 7.60. The number of nitrogens with zero attached hydrogens (tertiary/aromatic N) is 1. The number of hydrogen-bond acceptors (Lipinski definition) is 4. The molecule has 0 rings (SSSR count). The van der Waals surface area contributed by atoms with Crippen molar-refractivity contribution in [2.24, 2.45) is 0 Å². The van der Waals surface area contributed by atoms with Gasteiger partial charge >= 0.3 is 0 Å². The van der Waals surface area contributed by atoms with Crippen molar-refractivity contribution in [1.29, 1.82) is 0 Å². The molecule has 96 valence electrons. The molecular formula is C11H25N3O2. The third kappa shape index (κ3) is 6.76. The van der Waals surface area contributed by atoms with Gasteiger partial charge in [-0.1, -0.05) is 0 Å². The van der Waals surface area contributed by atoms with E-state index in [0.717, 1.165) is 0 Å². The Hall–Kier alpha value is -0.650. The number of amides is 1. The van der Waals surface area contributed by atoms with Crippen LogP contribution in [-0.2, 0) is 9.53 Å². The fourth-order valence-electron chi connectivity index (χ4n) is 0.912. The molecule has 0 saturated carbocycles. The average Bonchev–Trinajstić information content (AvgIpc) is 2.21. The van der Waals surface area contributed by atoms with Gasteiger partial charge in [0, 0.05) is 25.7 Å². The van der Waals surface area contributed by atoms with Crippen LogP contribution in [0.25, 0.3) is 0 Å². The Morgan fingerprint density at radius 3 is 2.50 bits per heavy atom. The first-order valence-corrected chi connectivity index (χ1v) is 5.54. The summed E-state index contributed by atoms with van der Waals surface area (Å²) < 4.78 is 4.87. The van der Waals surface area contributed by atoms with Gasteiger partial charge in [-0.3, -0.25) is 4.79 Å². The van der Waals surface area contributed by atoms with Crippen LogP contribution in [0.4, 0.5) is 0 Å². The van der Waals surface area contributed by atoms with Gasteiger partial charge in [-0.25, -0.2) is 0 Å². The summed E-state index contributed by atoms with van der Waals surface area (Å²) in [5.74, 6) is 0.0195. The molecule has 0 aliphatic heterocycles. The Balaban J connectivity index is 3.65. The standard InChI is InChI=1S/C11H25N3O2/c1-11(2,14(3)4)9-13-10(15)8-12-6-7-16-5/h12H,6-9H2,1-5H3,(H,13,15). The first-order chi connectivity index (χ1) is 7.40. The molecule has 0 aliphatic rings. The fraction of sp³-hybridized carbons (Fsp3) is 0.909. The predicted molar refractivity (Wildman–Crippen MR) is 65.5 cm³/mol. The SMILES string of the molecule is COCCNCC(=O)NCC(C)(C)N(C)C. The molecule has 0 bridgehead atoms. The summed E-state index contributed by atoms with van der Waals surface area (Å²) in [6, 6.07) is 0. The molecule has 0 heterocycles. The molecule has 0 aliphatic carbocycles. The lowest BCUT2D eigenvalue weighted by Crippen LogP contribution is -2.49. The zero-order valence-electron chi connectivity index (χ0n) is 11.1. The minimum atomic E-state index is -0.0256. The lowest BCUT2D eigenvalue weighted by Gasteiger charge is -2.32. The molecule has 1 amide bonds. The number of rotatable bonds is 8. The predicted octanol–water partition coefficient (Wildman–Crippen LogP) is -0.321. The van der Waals surface area contributed by atoms with Crippen molar-refractivity contribution in [3.63, 3.8) is 0 Å². The van der Waals surface area contributed by atoms with Crippen LogP contribution in [-0.4, -0.2) is 63.8 Å². The van der Waals surface area contributed by atoms with E-state index in [-0.39, 0.29) is 11.4 Å². The normalized spacial score (nSPS) is 11.9. The highest BCUT2D eigenvalue weighted by molar-refractivity contribution is 5.78. The Bertz CT molecular complexity index is 205. The summed E-state index contributed by atoms with van der Waals surface area (Å²) in [5, 5.41) is 5.90. The van der Waals surface area contributed by atoms with Crippen LogP contribution in [0.15, 0.2) is 0 Å². The molecule has 2 N–H and O–H groups in total. The van der Waals surface area contributed by atoms with Crippen LogP contribution < -0.4 is 10.6 Å². The summed E-state index contributed by atoms with van der Waals surface area (Å²) in [4.78, 5) is 13.5. The highest BCUT2D eigenvalue weighted by Gasteiger charge is 2.20. The first-order valence-electron chi connectivity index (χ1n) is 5.54. The van der Waals surface area contributed by atoms with Crippen molar-refractivity contribution in [2.75, 3.05) is 47.4 Å². The van der Waals surface area contributed by atoms with E-state index in [4.69, 9.17) is 4.74 Å². The van der Waals surface area contributed by atoms with Crippen LogP contribution >= 0.6 is 0 Å². The number of ether oxygens (including phenoxy) is 1. The lowest BCUT2D eigenvalue weighted by molar-refractivity contribution is -0.120. The molecule has 0 atom stereocenters. The molecular weight excluding hydrogens is 206 g/mol. The van der Waals surface area contributed by atoms with E-state index >= 15 is 0 Å². The fourth-order valence-corrected chi connectivity index (χ4v) is 0.912. The van der Waals surface area contributed by atoms with Crippen LogP contribution in [0, 0.1) is 0 Å². The number of hydrogen-bond donors (Lipinski definition) is 2. The first kappa shape index (κ1) is 15.3. The molecule has 0 aromatic carbocycles. The monoisotopic (exact) mass is 231 g/mol. The van der Waals surface area contributed by atoms with Crippen molar-refractivity contribution in [3.05, 3.63) is 0 Å². The minimum Gasteiger partial charge on any atom is -0.383 e. The van der Waals surface area contributed by atoms with Crippen LogP contribution in [0.1, 0.15) is 13.8 Å². The number of nitrogens with one attached hydrogen (secondary N) is 2. The summed E-state index contributed by atoms with van der Waals surface area (Å²) in [7, 11) is 5.65. The number of likely N-dealkylation sites (N-methyl/N-ethyl adjacent to an activating group) is 1. The van der Waals surface area contributed by atoms with E-state index in [2.05, 4.69) is 29.4 Å². The quantitative estimate of drug-likeness (QED) is 0.562. The van der Waals surface area contributed by atoms with Crippen LogP contribution in [0.2, 0.25) is 0 Å². The summed E-state index contributed by atoms with van der Waals surface area (Å²) in [5.41, 5.74) is -0.0256. The van der Waals surface area contributed by atoms with Crippen molar-refractivity contribution < 1.29 is 9.53 Å². The van der Waals surface area contributed by atoms with Gasteiger partial charge in [0.25, 0.3) is 0 Å². The smallest absolute Gasteiger partial charge is 0.234 e. The van der Waals surface area contributed by atoms with Gasteiger partial charge in [0.1, 0.15) is 0 Å². The van der Waals surface area contributed by atoms with Gasteiger partial charge in [0.05, 0.1) is 13.2 Å². The van der Waals surface area contributed by atoms with E-state index in [0.29, 0.717) is 26.2 Å². The molecule has 5 nitrogen and oxygen atoms in total. The highest BCUT2D eigenvalue weighted by Crippen LogP contribution is 2.07. The number of carbonyl (C=O) groups is 1. The summed E-state index contributed by atoms with van der Waals surface area (Å²) >= 11 is 0. The second-order valence-corrected chi connectivity index (χ2v) is 4.65. The molecule has 5 heteroatoms.